The van der Waals surface area contributed by atoms with Crippen LogP contribution in [0.5, 0.6) is 0 Å². The second-order valence-electron chi connectivity index (χ2n) is 8.47. The summed E-state index contributed by atoms with van der Waals surface area (Å²) in [6.45, 7) is 1.77. The van der Waals surface area contributed by atoms with Crippen LogP contribution in [0.25, 0.3) is 22.2 Å². The van der Waals surface area contributed by atoms with Gasteiger partial charge in [0.25, 0.3) is 11.8 Å². The molecule has 0 radical (unpaired) electrons. The van der Waals surface area contributed by atoms with Crippen molar-refractivity contribution < 1.29 is 9.59 Å². The van der Waals surface area contributed by atoms with E-state index in [9.17, 15) is 9.59 Å². The zero-order chi connectivity index (χ0) is 27.5. The maximum atomic E-state index is 13.3. The van der Waals surface area contributed by atoms with Gasteiger partial charge in [0.15, 0.2) is 0 Å². The van der Waals surface area contributed by atoms with Crippen molar-refractivity contribution in [2.75, 3.05) is 5.32 Å². The molecule has 39 heavy (non-hydrogen) atoms. The minimum atomic E-state index is -0.404. The first-order valence-electron chi connectivity index (χ1n) is 11.7. The molecule has 2 aromatic heterocycles. The number of nitrogens with one attached hydrogen (secondary N) is 2. The van der Waals surface area contributed by atoms with Gasteiger partial charge in [0.2, 0.25) is 0 Å². The van der Waals surface area contributed by atoms with Gasteiger partial charge in [-0.05, 0) is 67.1 Å². The Hall–Kier alpha value is -3.75. The maximum Gasteiger partial charge on any atom is 0.272 e. The number of aromatic nitrogens is 1. The number of benzene rings is 3. The molecule has 10 heteroatoms. The summed E-state index contributed by atoms with van der Waals surface area (Å²) in [4.78, 5) is 31.0. The predicted molar refractivity (Wildman–Crippen MR) is 161 cm³/mol. The molecule has 2 heterocycles. The summed E-state index contributed by atoms with van der Waals surface area (Å²) in [5.74, 6) is -0.661. The van der Waals surface area contributed by atoms with Gasteiger partial charge in [-0.15, -0.1) is 11.3 Å². The first-order valence-corrected chi connectivity index (χ1v) is 13.6. The third-order valence-corrected chi connectivity index (χ3v) is 7.61. The number of pyridine rings is 1. The molecule has 0 aliphatic heterocycles. The third-order valence-electron chi connectivity index (χ3n) is 5.83. The molecule has 0 bridgehead atoms. The number of carbonyl (C=O) groups excluding carboxylic acids is 2. The second kappa shape index (κ2) is 11.6. The van der Waals surface area contributed by atoms with E-state index in [1.807, 2.05) is 30.3 Å². The first kappa shape index (κ1) is 26.8. The Morgan fingerprint density at radius 3 is 2.46 bits per heavy atom. The average Bonchev–Trinajstić information content (AvgIpc) is 3.37. The van der Waals surface area contributed by atoms with Gasteiger partial charge >= 0.3 is 0 Å². The minimum Gasteiger partial charge on any atom is -0.321 e. The second-order valence-corrected chi connectivity index (χ2v) is 11.0. The lowest BCUT2D eigenvalue weighted by Gasteiger charge is -2.11. The summed E-state index contributed by atoms with van der Waals surface area (Å²) in [7, 11) is 0. The summed E-state index contributed by atoms with van der Waals surface area (Å²) in [6.07, 6.45) is 0. The Bertz CT molecular complexity index is 1770. The van der Waals surface area contributed by atoms with E-state index >= 15 is 0 Å². The van der Waals surface area contributed by atoms with Crippen LogP contribution < -0.4 is 10.7 Å². The lowest BCUT2D eigenvalue weighted by Crippen LogP contribution is -2.20. The summed E-state index contributed by atoms with van der Waals surface area (Å²) < 4.78 is 0.540. The molecule has 194 valence electrons. The van der Waals surface area contributed by atoms with Gasteiger partial charge in [-0.2, -0.15) is 5.10 Å². The Morgan fingerprint density at radius 2 is 1.69 bits per heavy atom. The van der Waals surface area contributed by atoms with E-state index < -0.39 is 5.91 Å². The van der Waals surface area contributed by atoms with E-state index in [0.717, 1.165) is 5.56 Å². The van der Waals surface area contributed by atoms with Gasteiger partial charge in [0, 0.05) is 21.7 Å². The molecule has 0 aliphatic rings. The molecular weight excluding hydrogens is 575 g/mol. The number of carbonyl (C=O) groups is 2. The molecule has 5 aromatic rings. The van der Waals surface area contributed by atoms with Crippen LogP contribution in [-0.2, 0) is 0 Å². The van der Waals surface area contributed by atoms with Gasteiger partial charge < -0.3 is 5.32 Å². The smallest absolute Gasteiger partial charge is 0.272 e. The van der Waals surface area contributed by atoms with E-state index in [2.05, 4.69) is 15.8 Å². The summed E-state index contributed by atoms with van der Waals surface area (Å²) in [6, 6.07) is 24.7. The topological polar surface area (TPSA) is 83.4 Å². The Kier molecular flexibility index (Phi) is 7.95. The molecule has 0 fully saturated rings. The van der Waals surface area contributed by atoms with Crippen molar-refractivity contribution in [3.05, 3.63) is 115 Å². The predicted octanol–water partition coefficient (Wildman–Crippen LogP) is 8.33. The molecule has 6 nitrogen and oxygen atoms in total. The minimum absolute atomic E-state index is 0.256. The van der Waals surface area contributed by atoms with Crippen LogP contribution in [0, 0.1) is 0 Å². The molecule has 0 atom stereocenters. The fourth-order valence-electron chi connectivity index (χ4n) is 3.91. The van der Waals surface area contributed by atoms with Crippen LogP contribution in [0.1, 0.15) is 32.5 Å². The van der Waals surface area contributed by atoms with E-state index in [0.29, 0.717) is 58.4 Å². The van der Waals surface area contributed by atoms with Crippen molar-refractivity contribution >= 4 is 80.3 Å². The lowest BCUT2D eigenvalue weighted by atomic mass is 10.0. The highest BCUT2D eigenvalue weighted by atomic mass is 35.5. The standard InChI is InChI=1S/C29H19Cl3N4O2S/c1-16(17-5-4-6-19(13-17)33-29(38)26-11-12-27(32)39-26)35-36-28(37)22-15-25(21-10-9-18(30)14-23(21)31)34-24-8-3-2-7-20(22)24/h2-15H,1H3,(H,33,38)(H,36,37). The van der Waals surface area contributed by atoms with Crippen LogP contribution in [0.15, 0.2) is 90.0 Å². The monoisotopic (exact) mass is 592 g/mol. The largest absolute Gasteiger partial charge is 0.321 e. The number of thiophene rings is 1. The lowest BCUT2D eigenvalue weighted by molar-refractivity contribution is 0.0955. The Balaban J connectivity index is 1.39. The van der Waals surface area contributed by atoms with Crippen LogP contribution >= 0.6 is 46.1 Å². The average molecular weight is 594 g/mol. The fourth-order valence-corrected chi connectivity index (χ4v) is 5.35. The SMILES string of the molecule is CC(=NNC(=O)c1cc(-c2ccc(Cl)cc2Cl)nc2ccccc12)c1cccc(NC(=O)c2ccc(Cl)s2)c1. The quantitative estimate of drug-likeness (QED) is 0.153. The van der Waals surface area contributed by atoms with E-state index in [1.165, 1.54) is 11.3 Å². The number of fused-ring (bicyclic) bond motifs is 1. The van der Waals surface area contributed by atoms with Crippen LogP contribution in [0.3, 0.4) is 0 Å². The number of hydrazone groups is 1. The number of hydrogen-bond acceptors (Lipinski definition) is 5. The van der Waals surface area contributed by atoms with Crippen molar-refractivity contribution in [1.29, 1.82) is 0 Å². The first-order chi connectivity index (χ1) is 18.8. The van der Waals surface area contributed by atoms with Gasteiger partial charge in [-0.3, -0.25) is 9.59 Å². The summed E-state index contributed by atoms with van der Waals surface area (Å²) in [5, 5.41) is 8.78. The molecule has 0 saturated carbocycles. The molecule has 0 spiro atoms. The van der Waals surface area contributed by atoms with Crippen LogP contribution in [0.4, 0.5) is 5.69 Å². The summed E-state index contributed by atoms with van der Waals surface area (Å²) >= 11 is 19.6. The van der Waals surface area contributed by atoms with Crippen molar-refractivity contribution in [3.8, 4) is 11.3 Å². The number of anilines is 1. The molecular formula is C29H19Cl3N4O2S. The van der Waals surface area contributed by atoms with Crippen molar-refractivity contribution in [3.63, 3.8) is 0 Å². The highest BCUT2D eigenvalue weighted by Gasteiger charge is 2.16. The highest BCUT2D eigenvalue weighted by molar-refractivity contribution is 7.18. The Morgan fingerprint density at radius 1 is 0.872 bits per heavy atom. The number of hydrogen-bond donors (Lipinski definition) is 2. The molecule has 2 N–H and O–H groups in total. The van der Waals surface area contributed by atoms with Gasteiger partial charge in [0.05, 0.1) is 36.7 Å². The van der Waals surface area contributed by atoms with Gasteiger partial charge in [-0.1, -0.05) is 65.1 Å². The number of amides is 2. The molecule has 0 saturated heterocycles. The number of para-hydroxylation sites is 1. The maximum absolute atomic E-state index is 13.3. The zero-order valence-electron chi connectivity index (χ0n) is 20.3. The molecule has 0 aliphatic carbocycles. The van der Waals surface area contributed by atoms with E-state index in [-0.39, 0.29) is 5.91 Å². The molecule has 2 amide bonds. The van der Waals surface area contributed by atoms with Crippen molar-refractivity contribution in [2.45, 2.75) is 6.92 Å². The van der Waals surface area contributed by atoms with Crippen LogP contribution in [0.2, 0.25) is 14.4 Å². The van der Waals surface area contributed by atoms with E-state index in [4.69, 9.17) is 39.8 Å². The van der Waals surface area contributed by atoms with Gasteiger partial charge in [0.1, 0.15) is 0 Å². The van der Waals surface area contributed by atoms with E-state index in [1.54, 1.807) is 61.5 Å². The fraction of sp³-hybridized carbons (Fsp3) is 0.0345. The Labute approximate surface area is 243 Å². The number of rotatable bonds is 6. The molecule has 5 rings (SSSR count). The van der Waals surface area contributed by atoms with Crippen LogP contribution in [-0.4, -0.2) is 22.5 Å². The zero-order valence-corrected chi connectivity index (χ0v) is 23.4. The van der Waals surface area contributed by atoms with Gasteiger partial charge in [-0.25, -0.2) is 10.4 Å². The van der Waals surface area contributed by atoms with Crippen molar-refractivity contribution in [2.24, 2.45) is 5.10 Å². The van der Waals surface area contributed by atoms with Crippen molar-refractivity contribution in [1.82, 2.24) is 10.4 Å². The number of nitrogens with zero attached hydrogens (tertiary/aromatic N) is 2. The third kappa shape index (κ3) is 6.13. The normalized spacial score (nSPS) is 11.4. The summed E-state index contributed by atoms with van der Waals surface area (Å²) in [5.41, 5.74) is 6.75. The number of halogens is 3. The highest BCUT2D eigenvalue weighted by Crippen LogP contribution is 2.32. The molecule has 3 aromatic carbocycles. The molecule has 0 unspecified atom stereocenters.